The Balaban J connectivity index is 1.80. The third-order valence-corrected chi connectivity index (χ3v) is 8.56. The van der Waals surface area contributed by atoms with E-state index in [1.54, 1.807) is 33.1 Å². The lowest BCUT2D eigenvalue weighted by Gasteiger charge is -2.36. The number of methoxy groups -OCH3 is 1. The molecule has 0 bridgehead atoms. The fourth-order valence-electron chi connectivity index (χ4n) is 5.60. The molecule has 3 aromatic rings. The number of rotatable bonds is 10. The Labute approximate surface area is 225 Å². The van der Waals surface area contributed by atoms with Crippen molar-refractivity contribution in [3.05, 3.63) is 64.2 Å². The van der Waals surface area contributed by atoms with Crippen LogP contribution in [-0.4, -0.2) is 56.8 Å². The Morgan fingerprint density at radius 2 is 1.89 bits per heavy atom. The molecule has 0 radical (unpaired) electrons. The molecule has 0 saturated carbocycles. The van der Waals surface area contributed by atoms with E-state index in [0.717, 1.165) is 39.6 Å². The Hall–Kier alpha value is -2.98. The van der Waals surface area contributed by atoms with Gasteiger partial charge in [-0.15, -0.1) is 23.4 Å². The largest absolute Gasteiger partial charge is 0.480 e. The summed E-state index contributed by atoms with van der Waals surface area (Å²) in [5.41, 5.74) is 5.14. The van der Waals surface area contributed by atoms with Crippen molar-refractivity contribution in [2.24, 2.45) is 14.1 Å². The van der Waals surface area contributed by atoms with Crippen LogP contribution < -0.4 is 4.90 Å². The quantitative estimate of drug-likeness (QED) is 0.303. The highest BCUT2D eigenvalue weighted by molar-refractivity contribution is 7.97. The third kappa shape index (κ3) is 4.72. The van der Waals surface area contributed by atoms with Gasteiger partial charge in [-0.05, 0) is 31.0 Å². The van der Waals surface area contributed by atoms with E-state index in [1.165, 1.54) is 7.11 Å². The van der Waals surface area contributed by atoms with Crippen molar-refractivity contribution in [2.75, 3.05) is 19.1 Å². The van der Waals surface area contributed by atoms with Crippen LogP contribution in [0.25, 0.3) is 0 Å². The summed E-state index contributed by atoms with van der Waals surface area (Å²) in [5.74, 6) is 0.283. The van der Waals surface area contributed by atoms with Gasteiger partial charge in [0.25, 0.3) is 0 Å². The number of para-hydroxylation sites is 1. The number of likely N-dealkylation sites (N-methyl/N-ethyl adjacent to an activating group) is 1. The van der Waals surface area contributed by atoms with Gasteiger partial charge in [0.05, 0.1) is 35.5 Å². The van der Waals surface area contributed by atoms with Gasteiger partial charge < -0.3 is 14.7 Å². The number of esters is 1. The van der Waals surface area contributed by atoms with Crippen LogP contribution in [0.1, 0.15) is 46.7 Å². The number of nitrogens with zero attached hydrogens (tertiary/aromatic N) is 5. The van der Waals surface area contributed by atoms with Crippen LogP contribution in [0.15, 0.2) is 30.3 Å². The third-order valence-electron chi connectivity index (χ3n) is 7.31. The zero-order valence-electron chi connectivity index (χ0n) is 21.7. The molecule has 1 aliphatic rings. The van der Waals surface area contributed by atoms with Crippen molar-refractivity contribution >= 4 is 41.0 Å². The number of hydrogen-bond acceptors (Lipinski definition) is 7. The second-order valence-corrected chi connectivity index (χ2v) is 10.6. The fraction of sp³-hybridized carbons (Fsp3) is 0.462. The van der Waals surface area contributed by atoms with Crippen molar-refractivity contribution in [3.63, 3.8) is 0 Å². The first kappa shape index (κ1) is 27.1. The number of aliphatic carboxylic acids is 1. The Bertz CT molecular complexity index is 1320. The lowest BCUT2D eigenvalue weighted by Crippen LogP contribution is -2.50. The lowest BCUT2D eigenvalue weighted by molar-refractivity contribution is -0.143. The smallest absolute Gasteiger partial charge is 0.327 e. The number of benzene rings is 1. The summed E-state index contributed by atoms with van der Waals surface area (Å²) in [5, 5.41) is 19.9. The highest BCUT2D eigenvalue weighted by atomic mass is 35.5. The van der Waals surface area contributed by atoms with Crippen molar-refractivity contribution in [3.8, 4) is 0 Å². The minimum Gasteiger partial charge on any atom is -0.480 e. The number of anilines is 1. The second kappa shape index (κ2) is 10.8. The number of halogens is 1. The molecular weight excluding hydrogens is 514 g/mol. The molecule has 4 rings (SSSR count). The van der Waals surface area contributed by atoms with Gasteiger partial charge >= 0.3 is 11.9 Å². The molecule has 9 nitrogen and oxygen atoms in total. The van der Waals surface area contributed by atoms with Crippen LogP contribution in [0.2, 0.25) is 0 Å². The SMILES string of the molecule is COC(=O)CCC1(c2c(CSCc3cc(CCl)n(C)n3)nn(C)c2C)c2ccccc2N(C)C1C(=O)O. The van der Waals surface area contributed by atoms with Gasteiger partial charge in [-0.3, -0.25) is 14.2 Å². The van der Waals surface area contributed by atoms with E-state index in [9.17, 15) is 14.7 Å². The fourth-order valence-corrected chi connectivity index (χ4v) is 6.70. The van der Waals surface area contributed by atoms with Crippen molar-refractivity contribution in [2.45, 2.75) is 48.6 Å². The summed E-state index contributed by atoms with van der Waals surface area (Å²) in [6.45, 7) is 1.96. The van der Waals surface area contributed by atoms with Crippen LogP contribution >= 0.6 is 23.4 Å². The molecule has 11 heteroatoms. The average molecular weight is 546 g/mol. The van der Waals surface area contributed by atoms with Gasteiger partial charge in [0, 0.05) is 56.0 Å². The molecular formula is C26H32ClN5O4S. The first-order valence-electron chi connectivity index (χ1n) is 12.0. The summed E-state index contributed by atoms with van der Waals surface area (Å²) < 4.78 is 8.54. The number of alkyl halides is 1. The zero-order valence-corrected chi connectivity index (χ0v) is 23.3. The summed E-state index contributed by atoms with van der Waals surface area (Å²) >= 11 is 7.65. The number of carboxylic acids is 1. The molecule has 0 saturated heterocycles. The van der Waals surface area contributed by atoms with E-state index in [-0.39, 0.29) is 18.8 Å². The minimum atomic E-state index is -0.990. The van der Waals surface area contributed by atoms with Gasteiger partial charge in [0.15, 0.2) is 0 Å². The number of ether oxygens (including phenoxy) is 1. The van der Waals surface area contributed by atoms with Crippen LogP contribution in [0.5, 0.6) is 0 Å². The Morgan fingerprint density at radius 1 is 1.16 bits per heavy atom. The molecule has 0 fully saturated rings. The van der Waals surface area contributed by atoms with Crippen LogP contribution in [0.3, 0.4) is 0 Å². The van der Waals surface area contributed by atoms with Crippen molar-refractivity contribution in [1.82, 2.24) is 19.6 Å². The predicted octanol–water partition coefficient (Wildman–Crippen LogP) is 3.78. The molecule has 2 aromatic heterocycles. The Kier molecular flexibility index (Phi) is 7.89. The van der Waals surface area contributed by atoms with E-state index in [2.05, 4.69) is 5.10 Å². The number of aromatic nitrogens is 4. The average Bonchev–Trinajstić information content (AvgIpc) is 3.47. The first-order chi connectivity index (χ1) is 17.6. The molecule has 198 valence electrons. The van der Waals surface area contributed by atoms with E-state index in [4.69, 9.17) is 21.4 Å². The lowest BCUT2D eigenvalue weighted by atomic mass is 9.67. The highest BCUT2D eigenvalue weighted by Crippen LogP contribution is 2.53. The normalized spacial score (nSPS) is 18.8. The van der Waals surface area contributed by atoms with Gasteiger partial charge in [-0.25, -0.2) is 4.79 Å². The van der Waals surface area contributed by atoms with Crippen LogP contribution in [0, 0.1) is 6.92 Å². The van der Waals surface area contributed by atoms with Crippen LogP contribution in [0.4, 0.5) is 5.69 Å². The highest BCUT2D eigenvalue weighted by Gasteiger charge is 2.56. The minimum absolute atomic E-state index is 0.0819. The van der Waals surface area contributed by atoms with Gasteiger partial charge in [0.1, 0.15) is 6.04 Å². The molecule has 37 heavy (non-hydrogen) atoms. The summed E-state index contributed by atoms with van der Waals surface area (Å²) in [6.07, 6.45) is 0.361. The maximum absolute atomic E-state index is 12.9. The zero-order chi connectivity index (χ0) is 26.9. The number of hydrogen-bond donors (Lipinski definition) is 1. The standard InChI is InChI=1S/C26H32ClN5O4S/c1-16-23(20(29-31(16)3)15-37-14-17-12-18(13-27)32(4)28-17)26(11-10-22(33)36-5)19-8-6-7-9-21(19)30(2)24(26)25(34)35/h6-9,12,24H,10-11,13-15H2,1-5H3,(H,34,35). The second-order valence-electron chi connectivity index (χ2n) is 9.32. The van der Waals surface area contributed by atoms with Gasteiger partial charge in [0.2, 0.25) is 0 Å². The maximum Gasteiger partial charge on any atom is 0.327 e. The molecule has 0 amide bonds. The monoisotopic (exact) mass is 545 g/mol. The molecule has 2 unspecified atom stereocenters. The van der Waals surface area contributed by atoms with Crippen molar-refractivity contribution in [1.29, 1.82) is 0 Å². The summed E-state index contributed by atoms with van der Waals surface area (Å²) in [4.78, 5) is 27.0. The molecule has 3 heterocycles. The number of carbonyl (C=O) groups is 2. The van der Waals surface area contributed by atoms with E-state index < -0.39 is 17.4 Å². The topological polar surface area (TPSA) is 102 Å². The molecule has 1 N–H and O–H groups in total. The van der Waals surface area contributed by atoms with E-state index >= 15 is 0 Å². The molecule has 1 aliphatic heterocycles. The molecule has 2 atom stereocenters. The van der Waals surface area contributed by atoms with Crippen molar-refractivity contribution < 1.29 is 19.4 Å². The number of carbonyl (C=O) groups excluding carboxylic acids is 1. The summed E-state index contributed by atoms with van der Waals surface area (Å²) in [6, 6.07) is 8.80. The first-order valence-corrected chi connectivity index (χ1v) is 13.6. The molecule has 0 aliphatic carbocycles. The Morgan fingerprint density at radius 3 is 2.54 bits per heavy atom. The number of carboxylic acid groups (broad SMARTS) is 1. The number of fused-ring (bicyclic) bond motifs is 1. The van der Waals surface area contributed by atoms with E-state index in [1.807, 2.05) is 51.4 Å². The predicted molar refractivity (Wildman–Crippen MR) is 144 cm³/mol. The summed E-state index contributed by atoms with van der Waals surface area (Å²) in [7, 11) is 6.89. The molecule has 0 spiro atoms. The maximum atomic E-state index is 12.9. The van der Waals surface area contributed by atoms with Gasteiger partial charge in [-0.1, -0.05) is 18.2 Å². The van der Waals surface area contributed by atoms with E-state index in [0.29, 0.717) is 17.4 Å². The molecule has 1 aromatic carbocycles. The van der Waals surface area contributed by atoms with Crippen LogP contribution in [-0.2, 0) is 51.2 Å². The van der Waals surface area contributed by atoms with Gasteiger partial charge in [-0.2, -0.15) is 10.2 Å². The number of aryl methyl sites for hydroxylation is 2. The number of thioether (sulfide) groups is 1.